The fourth-order valence-corrected chi connectivity index (χ4v) is 4.29. The van der Waals surface area contributed by atoms with E-state index in [4.69, 9.17) is 0 Å². The molecule has 0 bridgehead atoms. The third kappa shape index (κ3) is 3.95. The third-order valence-electron chi connectivity index (χ3n) is 5.76. The highest BCUT2D eigenvalue weighted by Gasteiger charge is 2.31. The Balaban J connectivity index is 1.88. The number of nitrogens with one attached hydrogen (secondary N) is 1. The van der Waals surface area contributed by atoms with Gasteiger partial charge in [0.1, 0.15) is 0 Å². The molecule has 0 spiro atoms. The molecule has 1 saturated carbocycles. The van der Waals surface area contributed by atoms with E-state index in [9.17, 15) is 0 Å². The van der Waals surface area contributed by atoms with Gasteiger partial charge in [0, 0.05) is 31.7 Å². The smallest absolute Gasteiger partial charge is 0.0223 e. The maximum Gasteiger partial charge on any atom is 0.0223 e. The lowest BCUT2D eigenvalue weighted by Gasteiger charge is -2.43. The second kappa shape index (κ2) is 7.64. The molecule has 1 saturated heterocycles. The van der Waals surface area contributed by atoms with Crippen LogP contribution in [0.1, 0.15) is 65.7 Å². The summed E-state index contributed by atoms with van der Waals surface area (Å²) in [5.41, 5.74) is 0. The molecular formula is C17H34N2. The van der Waals surface area contributed by atoms with Crippen LogP contribution in [0, 0.1) is 11.8 Å². The predicted octanol–water partition coefficient (Wildman–Crippen LogP) is 3.67. The van der Waals surface area contributed by atoms with E-state index in [1.807, 2.05) is 0 Å². The average Bonchev–Trinajstić information content (AvgIpc) is 2.49. The van der Waals surface area contributed by atoms with Gasteiger partial charge >= 0.3 is 0 Å². The van der Waals surface area contributed by atoms with Gasteiger partial charge in [-0.2, -0.15) is 0 Å². The van der Waals surface area contributed by atoms with E-state index in [0.717, 1.165) is 23.9 Å². The molecule has 0 aromatic heterocycles. The predicted molar refractivity (Wildman–Crippen MR) is 83.5 cm³/mol. The molecule has 0 aromatic rings. The normalized spacial score (nSPS) is 28.7. The Kier molecular flexibility index (Phi) is 6.15. The van der Waals surface area contributed by atoms with Gasteiger partial charge in [0.15, 0.2) is 0 Å². The molecule has 2 nitrogen and oxygen atoms in total. The van der Waals surface area contributed by atoms with Crippen LogP contribution >= 0.6 is 0 Å². The Bertz CT molecular complexity index is 244. The summed E-state index contributed by atoms with van der Waals surface area (Å²) < 4.78 is 0. The summed E-state index contributed by atoms with van der Waals surface area (Å²) in [5.74, 6) is 1.83. The fraction of sp³-hybridized carbons (Fsp3) is 1.00. The van der Waals surface area contributed by atoms with Crippen molar-refractivity contribution in [2.24, 2.45) is 11.8 Å². The van der Waals surface area contributed by atoms with Crippen molar-refractivity contribution in [3.8, 4) is 0 Å². The highest BCUT2D eigenvalue weighted by Crippen LogP contribution is 2.29. The van der Waals surface area contributed by atoms with Crippen LogP contribution < -0.4 is 5.32 Å². The fourth-order valence-electron chi connectivity index (χ4n) is 4.29. The van der Waals surface area contributed by atoms with Crippen LogP contribution in [0.25, 0.3) is 0 Å². The zero-order valence-electron chi connectivity index (χ0n) is 13.3. The van der Waals surface area contributed by atoms with Gasteiger partial charge in [0.05, 0.1) is 0 Å². The Morgan fingerprint density at radius 2 is 1.79 bits per heavy atom. The molecule has 1 aliphatic heterocycles. The van der Waals surface area contributed by atoms with E-state index in [1.165, 1.54) is 64.6 Å². The number of rotatable bonds is 5. The van der Waals surface area contributed by atoms with Crippen molar-refractivity contribution in [2.75, 3.05) is 19.6 Å². The standard InChI is InChI=1S/C17H34N2/c1-4-15(5-2)14(3)19-12-11-18-17(13-19)16-9-7-6-8-10-16/h14-18H,4-13H2,1-3H3. The molecule has 2 atom stereocenters. The Morgan fingerprint density at radius 1 is 1.11 bits per heavy atom. The van der Waals surface area contributed by atoms with Gasteiger partial charge in [-0.25, -0.2) is 0 Å². The summed E-state index contributed by atoms with van der Waals surface area (Å²) in [6.07, 6.45) is 9.98. The molecule has 2 unspecified atom stereocenters. The molecule has 1 heterocycles. The molecule has 112 valence electrons. The van der Waals surface area contributed by atoms with Crippen LogP contribution in [0.15, 0.2) is 0 Å². The van der Waals surface area contributed by atoms with Crippen molar-refractivity contribution in [1.82, 2.24) is 10.2 Å². The van der Waals surface area contributed by atoms with Gasteiger partial charge in [0.2, 0.25) is 0 Å². The van der Waals surface area contributed by atoms with E-state index < -0.39 is 0 Å². The molecule has 2 aliphatic rings. The first-order valence-corrected chi connectivity index (χ1v) is 8.73. The second-order valence-corrected chi connectivity index (χ2v) is 6.77. The first kappa shape index (κ1) is 15.3. The summed E-state index contributed by atoms with van der Waals surface area (Å²) in [4.78, 5) is 2.77. The van der Waals surface area contributed by atoms with Crippen LogP contribution in [0.3, 0.4) is 0 Å². The zero-order valence-corrected chi connectivity index (χ0v) is 13.3. The number of piperazine rings is 1. The average molecular weight is 266 g/mol. The molecule has 0 aromatic carbocycles. The SMILES string of the molecule is CCC(CC)C(C)N1CCNC(C2CCCCC2)C1. The minimum atomic E-state index is 0.767. The minimum Gasteiger partial charge on any atom is -0.311 e. The van der Waals surface area contributed by atoms with Gasteiger partial charge in [-0.3, -0.25) is 4.90 Å². The van der Waals surface area contributed by atoms with Gasteiger partial charge in [-0.1, -0.05) is 46.0 Å². The molecule has 1 aliphatic carbocycles. The lowest BCUT2D eigenvalue weighted by atomic mass is 9.82. The summed E-state index contributed by atoms with van der Waals surface area (Å²) >= 11 is 0. The van der Waals surface area contributed by atoms with Gasteiger partial charge in [-0.05, 0) is 31.6 Å². The lowest BCUT2D eigenvalue weighted by molar-refractivity contribution is 0.0845. The largest absolute Gasteiger partial charge is 0.311 e. The van der Waals surface area contributed by atoms with Crippen LogP contribution in [0.4, 0.5) is 0 Å². The molecule has 2 fully saturated rings. The first-order valence-electron chi connectivity index (χ1n) is 8.73. The minimum absolute atomic E-state index is 0.767. The van der Waals surface area contributed by atoms with E-state index in [-0.39, 0.29) is 0 Å². The molecule has 19 heavy (non-hydrogen) atoms. The van der Waals surface area contributed by atoms with E-state index in [2.05, 4.69) is 31.0 Å². The quantitative estimate of drug-likeness (QED) is 0.817. The maximum atomic E-state index is 3.81. The highest BCUT2D eigenvalue weighted by molar-refractivity contribution is 4.88. The van der Waals surface area contributed by atoms with Gasteiger partial charge < -0.3 is 5.32 Å². The first-order chi connectivity index (χ1) is 9.26. The molecule has 0 radical (unpaired) electrons. The molecular weight excluding hydrogens is 232 g/mol. The molecule has 1 N–H and O–H groups in total. The molecule has 2 rings (SSSR count). The van der Waals surface area contributed by atoms with Crippen molar-refractivity contribution in [3.05, 3.63) is 0 Å². The number of hydrogen-bond acceptors (Lipinski definition) is 2. The van der Waals surface area contributed by atoms with E-state index >= 15 is 0 Å². The van der Waals surface area contributed by atoms with Gasteiger partial charge in [-0.15, -0.1) is 0 Å². The van der Waals surface area contributed by atoms with Crippen molar-refractivity contribution < 1.29 is 0 Å². The monoisotopic (exact) mass is 266 g/mol. The summed E-state index contributed by atoms with van der Waals surface area (Å²) in [5, 5.41) is 3.81. The summed E-state index contributed by atoms with van der Waals surface area (Å²) in [6, 6.07) is 1.54. The third-order valence-corrected chi connectivity index (χ3v) is 5.76. The zero-order chi connectivity index (χ0) is 13.7. The maximum absolute atomic E-state index is 3.81. The van der Waals surface area contributed by atoms with Crippen molar-refractivity contribution in [2.45, 2.75) is 77.8 Å². The molecule has 0 amide bonds. The number of nitrogens with zero attached hydrogens (tertiary/aromatic N) is 1. The van der Waals surface area contributed by atoms with Crippen LogP contribution in [-0.4, -0.2) is 36.6 Å². The summed E-state index contributed by atoms with van der Waals surface area (Å²) in [6.45, 7) is 10.9. The van der Waals surface area contributed by atoms with Gasteiger partial charge in [0.25, 0.3) is 0 Å². The second-order valence-electron chi connectivity index (χ2n) is 6.77. The van der Waals surface area contributed by atoms with Crippen LogP contribution in [-0.2, 0) is 0 Å². The Morgan fingerprint density at radius 3 is 2.42 bits per heavy atom. The van der Waals surface area contributed by atoms with E-state index in [1.54, 1.807) is 0 Å². The number of hydrogen-bond donors (Lipinski definition) is 1. The molecule has 2 heteroatoms. The Hall–Kier alpha value is -0.0800. The van der Waals surface area contributed by atoms with Crippen molar-refractivity contribution in [3.63, 3.8) is 0 Å². The summed E-state index contributed by atoms with van der Waals surface area (Å²) in [7, 11) is 0. The highest BCUT2D eigenvalue weighted by atomic mass is 15.2. The van der Waals surface area contributed by atoms with E-state index in [0.29, 0.717) is 0 Å². The lowest BCUT2D eigenvalue weighted by Crippen LogP contribution is -2.57. The van der Waals surface area contributed by atoms with Crippen LogP contribution in [0.5, 0.6) is 0 Å². The van der Waals surface area contributed by atoms with Crippen molar-refractivity contribution in [1.29, 1.82) is 0 Å². The van der Waals surface area contributed by atoms with Crippen LogP contribution in [0.2, 0.25) is 0 Å². The Labute approximate surface area is 120 Å². The topological polar surface area (TPSA) is 15.3 Å². The van der Waals surface area contributed by atoms with Crippen molar-refractivity contribution >= 4 is 0 Å².